The largest absolute Gasteiger partial charge is 0.374 e. The monoisotopic (exact) mass is 214 g/mol. The van der Waals surface area contributed by atoms with Crippen LogP contribution in [0.4, 0.5) is 4.39 Å². The molecule has 1 fully saturated rings. The van der Waals surface area contributed by atoms with Crippen molar-refractivity contribution in [3.8, 4) is 0 Å². The SMILES string of the molecule is C[C@H]1O[C@H](CN=[N+]=[N-])C[C@@H](F)C1N=[N+]=[N-]. The highest BCUT2D eigenvalue weighted by molar-refractivity contribution is 4.89. The maximum atomic E-state index is 13.5. The summed E-state index contributed by atoms with van der Waals surface area (Å²) in [7, 11) is 0. The Morgan fingerprint density at radius 3 is 2.73 bits per heavy atom. The minimum atomic E-state index is -1.25. The lowest BCUT2D eigenvalue weighted by atomic mass is 9.98. The van der Waals surface area contributed by atoms with Gasteiger partial charge in [0, 0.05) is 16.2 Å². The Kier molecular flexibility index (Phi) is 4.17. The summed E-state index contributed by atoms with van der Waals surface area (Å²) in [6.07, 6.45) is -2.09. The molecule has 7 nitrogen and oxygen atoms in total. The molecule has 0 saturated carbocycles. The number of alkyl halides is 1. The molecule has 8 heteroatoms. The Morgan fingerprint density at radius 2 is 2.20 bits per heavy atom. The quantitative estimate of drug-likeness (QED) is 0.401. The second kappa shape index (κ2) is 5.41. The summed E-state index contributed by atoms with van der Waals surface area (Å²) in [6, 6.07) is -0.794. The zero-order valence-electron chi connectivity index (χ0n) is 8.19. The fraction of sp³-hybridized carbons (Fsp3) is 1.00. The number of hydrogen-bond donors (Lipinski definition) is 0. The second-order valence-electron chi connectivity index (χ2n) is 3.32. The number of azide groups is 2. The van der Waals surface area contributed by atoms with Gasteiger partial charge in [0.1, 0.15) is 6.17 Å². The lowest BCUT2D eigenvalue weighted by Gasteiger charge is -2.34. The van der Waals surface area contributed by atoms with Gasteiger partial charge < -0.3 is 4.74 Å². The lowest BCUT2D eigenvalue weighted by Crippen LogP contribution is -2.44. The molecule has 0 aromatic rings. The number of rotatable bonds is 3. The van der Waals surface area contributed by atoms with Gasteiger partial charge in [0.15, 0.2) is 0 Å². The van der Waals surface area contributed by atoms with E-state index in [4.69, 9.17) is 15.8 Å². The first-order valence-electron chi connectivity index (χ1n) is 4.53. The van der Waals surface area contributed by atoms with E-state index in [-0.39, 0.29) is 13.0 Å². The topological polar surface area (TPSA) is 107 Å². The molecule has 0 aliphatic carbocycles. The fourth-order valence-corrected chi connectivity index (χ4v) is 1.60. The van der Waals surface area contributed by atoms with Crippen LogP contribution in [0, 0.1) is 0 Å². The van der Waals surface area contributed by atoms with Crippen LogP contribution in [-0.4, -0.2) is 31.0 Å². The first-order chi connectivity index (χ1) is 7.19. The third kappa shape index (κ3) is 2.99. The maximum absolute atomic E-state index is 13.5. The van der Waals surface area contributed by atoms with E-state index in [1.807, 2.05) is 0 Å². The highest BCUT2D eigenvalue weighted by Gasteiger charge is 2.35. The molecule has 1 aliphatic rings. The first kappa shape index (κ1) is 11.6. The van der Waals surface area contributed by atoms with Crippen LogP contribution in [0.5, 0.6) is 0 Å². The highest BCUT2D eigenvalue weighted by Crippen LogP contribution is 2.25. The van der Waals surface area contributed by atoms with Crippen molar-refractivity contribution in [1.29, 1.82) is 0 Å². The van der Waals surface area contributed by atoms with Crippen molar-refractivity contribution < 1.29 is 9.13 Å². The summed E-state index contributed by atoms with van der Waals surface area (Å²) in [6.45, 7) is 1.73. The van der Waals surface area contributed by atoms with E-state index in [1.54, 1.807) is 6.92 Å². The minimum Gasteiger partial charge on any atom is -0.374 e. The highest BCUT2D eigenvalue weighted by atomic mass is 19.1. The van der Waals surface area contributed by atoms with Gasteiger partial charge in [-0.2, -0.15) is 0 Å². The Balaban J connectivity index is 2.61. The molecule has 15 heavy (non-hydrogen) atoms. The van der Waals surface area contributed by atoms with Gasteiger partial charge in [-0.1, -0.05) is 10.2 Å². The van der Waals surface area contributed by atoms with E-state index < -0.39 is 24.4 Å². The van der Waals surface area contributed by atoms with E-state index in [2.05, 4.69) is 20.1 Å². The number of ether oxygens (including phenoxy) is 1. The molecule has 0 N–H and O–H groups in total. The molecule has 1 heterocycles. The Labute approximate surface area is 85.5 Å². The van der Waals surface area contributed by atoms with Crippen LogP contribution in [-0.2, 0) is 4.74 Å². The van der Waals surface area contributed by atoms with E-state index >= 15 is 0 Å². The summed E-state index contributed by atoms with van der Waals surface area (Å²) in [5, 5.41) is 6.66. The predicted molar refractivity (Wildman–Crippen MR) is 50.8 cm³/mol. The van der Waals surface area contributed by atoms with Crippen LogP contribution in [0.1, 0.15) is 13.3 Å². The van der Waals surface area contributed by atoms with Crippen LogP contribution < -0.4 is 0 Å². The van der Waals surface area contributed by atoms with Crippen molar-refractivity contribution >= 4 is 0 Å². The normalized spacial score (nSPS) is 35.1. The standard InChI is InChI=1S/C7H11FN6O/c1-4-7(12-14-10)6(8)2-5(15-4)3-11-13-9/h4-7H,2-3H2,1H3/t4-,5+,6-,7?/m1/s1. The van der Waals surface area contributed by atoms with Gasteiger partial charge in [-0.15, -0.1) is 0 Å². The summed E-state index contributed by atoms with van der Waals surface area (Å²) in [4.78, 5) is 5.15. The van der Waals surface area contributed by atoms with E-state index in [9.17, 15) is 4.39 Å². The van der Waals surface area contributed by atoms with Crippen LogP contribution in [0.2, 0.25) is 0 Å². The molecule has 1 unspecified atom stereocenters. The Morgan fingerprint density at radius 1 is 1.47 bits per heavy atom. The van der Waals surface area contributed by atoms with Gasteiger partial charge in [-0.25, -0.2) is 4.39 Å². The van der Waals surface area contributed by atoms with Crippen molar-refractivity contribution in [3.05, 3.63) is 20.9 Å². The second-order valence-corrected chi connectivity index (χ2v) is 3.32. The van der Waals surface area contributed by atoms with Gasteiger partial charge in [0.05, 0.1) is 24.8 Å². The number of hydrogen-bond acceptors (Lipinski definition) is 3. The van der Waals surface area contributed by atoms with Crippen LogP contribution in [0.15, 0.2) is 10.2 Å². The van der Waals surface area contributed by atoms with Gasteiger partial charge in [-0.3, -0.25) is 0 Å². The third-order valence-corrected chi connectivity index (χ3v) is 2.28. The zero-order valence-corrected chi connectivity index (χ0v) is 8.19. The zero-order chi connectivity index (χ0) is 11.3. The van der Waals surface area contributed by atoms with Gasteiger partial charge in [0.25, 0.3) is 0 Å². The van der Waals surface area contributed by atoms with E-state index in [1.165, 1.54) is 0 Å². The Hall–Kier alpha value is -1.49. The fourth-order valence-electron chi connectivity index (χ4n) is 1.60. The molecule has 4 atom stereocenters. The molecule has 1 aliphatic heterocycles. The average molecular weight is 214 g/mol. The van der Waals surface area contributed by atoms with Crippen molar-refractivity contribution in [2.75, 3.05) is 6.54 Å². The molecule has 1 rings (SSSR count). The van der Waals surface area contributed by atoms with Crippen molar-refractivity contribution in [2.24, 2.45) is 10.2 Å². The average Bonchev–Trinajstić information content (AvgIpc) is 2.20. The smallest absolute Gasteiger partial charge is 0.114 e. The molecule has 0 aromatic heterocycles. The number of halogens is 1. The van der Waals surface area contributed by atoms with Crippen molar-refractivity contribution in [1.82, 2.24) is 0 Å². The molecule has 1 saturated heterocycles. The molecule has 0 spiro atoms. The predicted octanol–water partition coefficient (Wildman–Crippen LogP) is 2.49. The molecule has 82 valence electrons. The molecule has 0 radical (unpaired) electrons. The summed E-state index contributed by atoms with van der Waals surface area (Å²) in [5.41, 5.74) is 16.3. The Bertz CT molecular complexity index is 299. The number of nitrogens with zero attached hydrogens (tertiary/aromatic N) is 6. The van der Waals surface area contributed by atoms with Gasteiger partial charge >= 0.3 is 0 Å². The molecule has 0 bridgehead atoms. The molecule has 0 aromatic carbocycles. The van der Waals surface area contributed by atoms with Gasteiger partial charge in [0.2, 0.25) is 0 Å². The minimum absolute atomic E-state index is 0.0903. The molecule has 0 amide bonds. The summed E-state index contributed by atoms with van der Waals surface area (Å²) < 4.78 is 18.8. The van der Waals surface area contributed by atoms with Crippen LogP contribution in [0.25, 0.3) is 20.9 Å². The first-order valence-corrected chi connectivity index (χ1v) is 4.53. The summed E-state index contributed by atoms with van der Waals surface area (Å²) in [5.74, 6) is 0. The van der Waals surface area contributed by atoms with E-state index in [0.717, 1.165) is 0 Å². The van der Waals surface area contributed by atoms with E-state index in [0.29, 0.717) is 0 Å². The van der Waals surface area contributed by atoms with Crippen molar-refractivity contribution in [3.63, 3.8) is 0 Å². The summed E-state index contributed by atoms with van der Waals surface area (Å²) >= 11 is 0. The van der Waals surface area contributed by atoms with Crippen molar-refractivity contribution in [2.45, 2.75) is 37.8 Å². The van der Waals surface area contributed by atoms with Crippen LogP contribution in [0.3, 0.4) is 0 Å². The van der Waals surface area contributed by atoms with Crippen LogP contribution >= 0.6 is 0 Å². The molecular formula is C7H11FN6O. The molecular weight excluding hydrogens is 203 g/mol. The lowest BCUT2D eigenvalue weighted by molar-refractivity contribution is -0.0758. The maximum Gasteiger partial charge on any atom is 0.114 e. The van der Waals surface area contributed by atoms with Gasteiger partial charge in [-0.05, 0) is 18.0 Å². The third-order valence-electron chi connectivity index (χ3n) is 2.28.